The number of amides is 1. The lowest BCUT2D eigenvalue weighted by Gasteiger charge is -2.31. The Bertz CT molecular complexity index is 611. The fraction of sp³-hybridized carbons (Fsp3) is 0.800. The number of H-pyrrole nitrogens is 1. The van der Waals surface area contributed by atoms with Crippen LogP contribution in [-0.4, -0.2) is 101 Å². The first kappa shape index (κ1) is 23.8. The summed E-state index contributed by atoms with van der Waals surface area (Å²) >= 11 is 0. The summed E-state index contributed by atoms with van der Waals surface area (Å²) in [4.78, 5) is 16.1. The lowest BCUT2D eigenvalue weighted by molar-refractivity contribution is -0.136. The predicted molar refractivity (Wildman–Crippen MR) is 108 cm³/mol. The van der Waals surface area contributed by atoms with Crippen LogP contribution < -0.4 is 0 Å². The average molecular weight is 413 g/mol. The molecule has 0 unspecified atom stereocenters. The van der Waals surface area contributed by atoms with E-state index in [-0.39, 0.29) is 19.1 Å². The molecule has 1 aliphatic heterocycles. The van der Waals surface area contributed by atoms with Gasteiger partial charge in [0, 0.05) is 58.1 Å². The van der Waals surface area contributed by atoms with Crippen molar-refractivity contribution < 1.29 is 24.5 Å². The average Bonchev–Trinajstić information content (AvgIpc) is 3.09. The van der Waals surface area contributed by atoms with Crippen LogP contribution in [0.1, 0.15) is 37.4 Å². The number of ether oxygens (including phenoxy) is 2. The van der Waals surface area contributed by atoms with E-state index in [2.05, 4.69) is 15.1 Å². The molecule has 1 fully saturated rings. The van der Waals surface area contributed by atoms with Crippen molar-refractivity contribution in [1.82, 2.24) is 20.0 Å². The first-order valence-corrected chi connectivity index (χ1v) is 10.4. The smallest absolute Gasteiger partial charge is 0.219 e. The van der Waals surface area contributed by atoms with Gasteiger partial charge in [-0.25, -0.2) is 0 Å². The van der Waals surface area contributed by atoms with Gasteiger partial charge in [0.15, 0.2) is 0 Å². The Morgan fingerprint density at radius 2 is 2.07 bits per heavy atom. The quantitative estimate of drug-likeness (QED) is 0.655. The number of rotatable bonds is 3. The van der Waals surface area contributed by atoms with Gasteiger partial charge in [0.2, 0.25) is 5.91 Å². The van der Waals surface area contributed by atoms with Crippen LogP contribution >= 0.6 is 0 Å². The maximum absolute atomic E-state index is 12.1. The SMILES string of the molecule is CO[C@H]1CN(C(C)=O)CCCN(Cc2cn[nH]c2C)CCCCOC[C@H](O)[C@@H]1O. The number of aromatic amines is 1. The molecule has 0 aromatic carbocycles. The van der Waals surface area contributed by atoms with E-state index in [1.165, 1.54) is 19.6 Å². The second-order valence-electron chi connectivity index (χ2n) is 7.73. The summed E-state index contributed by atoms with van der Waals surface area (Å²) in [5.41, 5.74) is 2.24. The third kappa shape index (κ3) is 7.67. The number of aromatic nitrogens is 2. The third-order valence-corrected chi connectivity index (χ3v) is 5.46. The summed E-state index contributed by atoms with van der Waals surface area (Å²) in [6.45, 7) is 7.46. The van der Waals surface area contributed by atoms with Gasteiger partial charge in [-0.3, -0.25) is 14.8 Å². The third-order valence-electron chi connectivity index (χ3n) is 5.46. The van der Waals surface area contributed by atoms with Gasteiger partial charge in [0.25, 0.3) is 0 Å². The molecule has 1 saturated heterocycles. The van der Waals surface area contributed by atoms with E-state index < -0.39 is 18.3 Å². The van der Waals surface area contributed by atoms with Crippen LogP contribution in [0.25, 0.3) is 0 Å². The second-order valence-corrected chi connectivity index (χ2v) is 7.73. The van der Waals surface area contributed by atoms with Gasteiger partial charge in [0.05, 0.1) is 12.8 Å². The Morgan fingerprint density at radius 1 is 1.31 bits per heavy atom. The Hall–Kier alpha value is -1.52. The summed E-state index contributed by atoms with van der Waals surface area (Å²) in [5, 5.41) is 27.7. The number of carbonyl (C=O) groups excluding carboxylic acids is 1. The fourth-order valence-corrected chi connectivity index (χ4v) is 3.54. The molecule has 0 bridgehead atoms. The lowest BCUT2D eigenvalue weighted by atomic mass is 10.1. The molecular formula is C20H36N4O5. The maximum Gasteiger partial charge on any atom is 0.219 e. The van der Waals surface area contributed by atoms with E-state index in [4.69, 9.17) is 9.47 Å². The number of hydrogen-bond acceptors (Lipinski definition) is 7. The van der Waals surface area contributed by atoms with Crippen LogP contribution in [-0.2, 0) is 20.8 Å². The number of nitrogens with one attached hydrogen (secondary N) is 1. The number of methoxy groups -OCH3 is 1. The fourth-order valence-electron chi connectivity index (χ4n) is 3.54. The summed E-state index contributed by atoms with van der Waals surface area (Å²) in [5.74, 6) is -0.0773. The van der Waals surface area contributed by atoms with Crippen molar-refractivity contribution in [3.63, 3.8) is 0 Å². The van der Waals surface area contributed by atoms with E-state index in [0.29, 0.717) is 13.2 Å². The molecule has 2 heterocycles. The zero-order valence-corrected chi connectivity index (χ0v) is 17.8. The van der Waals surface area contributed by atoms with Crippen molar-refractivity contribution in [2.24, 2.45) is 0 Å². The number of aliphatic hydroxyl groups is 2. The molecule has 29 heavy (non-hydrogen) atoms. The summed E-state index contributed by atoms with van der Waals surface area (Å²) in [6.07, 6.45) is 1.66. The van der Waals surface area contributed by atoms with Gasteiger partial charge >= 0.3 is 0 Å². The normalized spacial score (nSPS) is 26.7. The molecule has 9 nitrogen and oxygen atoms in total. The standard InChI is InChI=1S/C20H36N4O5/c1-15-17(11-21-22-15)12-23-7-4-5-10-29-14-18(26)20(27)19(28-3)13-24(16(2)25)9-6-8-23/h11,18-20,26-27H,4-10,12-14H2,1-3H3,(H,21,22)/t18-,19-,20-/m0/s1. The van der Waals surface area contributed by atoms with Crippen molar-refractivity contribution in [1.29, 1.82) is 0 Å². The molecular weight excluding hydrogens is 376 g/mol. The van der Waals surface area contributed by atoms with E-state index in [1.54, 1.807) is 4.90 Å². The molecule has 1 aromatic rings. The van der Waals surface area contributed by atoms with Crippen molar-refractivity contribution in [2.45, 2.75) is 58.0 Å². The molecule has 3 N–H and O–H groups in total. The van der Waals surface area contributed by atoms with E-state index >= 15 is 0 Å². The van der Waals surface area contributed by atoms with Gasteiger partial charge in [-0.2, -0.15) is 5.10 Å². The highest BCUT2D eigenvalue weighted by Gasteiger charge is 2.29. The predicted octanol–water partition coefficient (Wildman–Crippen LogP) is 0.306. The van der Waals surface area contributed by atoms with Gasteiger partial charge in [-0.15, -0.1) is 0 Å². The van der Waals surface area contributed by atoms with Crippen LogP contribution in [0.4, 0.5) is 0 Å². The minimum absolute atomic E-state index is 0.0407. The zero-order valence-electron chi connectivity index (χ0n) is 17.8. The highest BCUT2D eigenvalue weighted by molar-refractivity contribution is 5.73. The Morgan fingerprint density at radius 3 is 2.72 bits per heavy atom. The van der Waals surface area contributed by atoms with Gasteiger partial charge in [-0.05, 0) is 32.7 Å². The molecule has 0 spiro atoms. The summed E-state index contributed by atoms with van der Waals surface area (Å²) in [7, 11) is 1.48. The molecule has 166 valence electrons. The van der Waals surface area contributed by atoms with Gasteiger partial charge in [-0.1, -0.05) is 0 Å². The van der Waals surface area contributed by atoms with Crippen LogP contribution in [0.5, 0.6) is 0 Å². The zero-order chi connectivity index (χ0) is 21.2. The van der Waals surface area contributed by atoms with Crippen LogP contribution in [0, 0.1) is 6.92 Å². The first-order valence-electron chi connectivity index (χ1n) is 10.4. The van der Waals surface area contributed by atoms with Crippen LogP contribution in [0.3, 0.4) is 0 Å². The van der Waals surface area contributed by atoms with Crippen LogP contribution in [0.15, 0.2) is 6.20 Å². The maximum atomic E-state index is 12.1. The number of aliphatic hydroxyl groups excluding tert-OH is 2. The molecule has 1 aliphatic rings. The van der Waals surface area contributed by atoms with E-state index in [9.17, 15) is 15.0 Å². The molecule has 1 aromatic heterocycles. The molecule has 9 heteroatoms. The Labute approximate surface area is 173 Å². The Kier molecular flexibility index (Phi) is 10.0. The molecule has 1 amide bonds. The van der Waals surface area contributed by atoms with Gasteiger partial charge < -0.3 is 24.6 Å². The number of nitrogens with zero attached hydrogens (tertiary/aromatic N) is 3. The largest absolute Gasteiger partial charge is 0.388 e. The minimum atomic E-state index is -1.12. The highest BCUT2D eigenvalue weighted by atomic mass is 16.5. The lowest BCUT2D eigenvalue weighted by Crippen LogP contribution is -2.48. The molecule has 2 rings (SSSR count). The van der Waals surface area contributed by atoms with Crippen molar-refractivity contribution in [3.05, 3.63) is 17.5 Å². The number of aryl methyl sites for hydroxylation is 1. The topological polar surface area (TPSA) is 111 Å². The minimum Gasteiger partial charge on any atom is -0.388 e. The number of hydrogen-bond donors (Lipinski definition) is 3. The Balaban J connectivity index is 2.05. The summed E-state index contributed by atoms with van der Waals surface area (Å²) < 4.78 is 10.9. The monoisotopic (exact) mass is 412 g/mol. The molecule has 0 aliphatic carbocycles. The molecule has 0 saturated carbocycles. The number of carbonyl (C=O) groups is 1. The second kappa shape index (κ2) is 12.2. The first-order chi connectivity index (χ1) is 13.9. The van der Waals surface area contributed by atoms with E-state index in [1.807, 2.05) is 13.1 Å². The summed E-state index contributed by atoms with van der Waals surface area (Å²) in [6, 6.07) is 0. The van der Waals surface area contributed by atoms with Crippen molar-refractivity contribution in [3.8, 4) is 0 Å². The van der Waals surface area contributed by atoms with Crippen LogP contribution in [0.2, 0.25) is 0 Å². The highest BCUT2D eigenvalue weighted by Crippen LogP contribution is 2.12. The van der Waals surface area contributed by atoms with Crippen molar-refractivity contribution >= 4 is 5.91 Å². The van der Waals surface area contributed by atoms with Crippen molar-refractivity contribution in [2.75, 3.05) is 46.5 Å². The molecule has 0 radical (unpaired) electrons. The molecule has 3 atom stereocenters. The van der Waals surface area contributed by atoms with Gasteiger partial charge in [0.1, 0.15) is 18.3 Å². The van der Waals surface area contributed by atoms with E-state index in [0.717, 1.165) is 44.6 Å².